The highest BCUT2D eigenvalue weighted by molar-refractivity contribution is 5.96. The van der Waals surface area contributed by atoms with Gasteiger partial charge < -0.3 is 14.8 Å². The molecule has 1 fully saturated rings. The van der Waals surface area contributed by atoms with Crippen LogP contribution in [0.5, 0.6) is 0 Å². The Bertz CT molecular complexity index is 879. The lowest BCUT2D eigenvalue weighted by Gasteiger charge is -2.27. The maximum Gasteiger partial charge on any atom is 0.251 e. The van der Waals surface area contributed by atoms with E-state index in [0.717, 1.165) is 54.5 Å². The Labute approximate surface area is 145 Å². The van der Waals surface area contributed by atoms with Crippen molar-refractivity contribution >= 4 is 16.7 Å². The van der Waals surface area contributed by atoms with Gasteiger partial charge in [0.1, 0.15) is 0 Å². The van der Waals surface area contributed by atoms with Gasteiger partial charge in [-0.15, -0.1) is 10.2 Å². The van der Waals surface area contributed by atoms with Crippen LogP contribution in [0.4, 0.5) is 5.69 Å². The second-order valence-corrected chi connectivity index (χ2v) is 6.52. The summed E-state index contributed by atoms with van der Waals surface area (Å²) in [6.45, 7) is 4.57. The molecule has 1 aliphatic carbocycles. The minimum absolute atomic E-state index is 0.184. The van der Waals surface area contributed by atoms with E-state index in [0.29, 0.717) is 17.8 Å². The summed E-state index contributed by atoms with van der Waals surface area (Å²) in [5, 5.41) is 26.8. The highest BCUT2D eigenvalue weighted by Crippen LogP contribution is 2.35. The summed E-state index contributed by atoms with van der Waals surface area (Å²) < 4.78 is 7.50. The van der Waals surface area contributed by atoms with Gasteiger partial charge in [-0.25, -0.2) is 9.67 Å². The Hall–Kier alpha value is -2.48. The van der Waals surface area contributed by atoms with Crippen molar-refractivity contribution in [1.82, 2.24) is 25.0 Å². The fourth-order valence-electron chi connectivity index (χ4n) is 3.41. The number of nitrogens with one attached hydrogen (secondary N) is 1. The maximum absolute atomic E-state index is 9.75. The number of anilines is 1. The summed E-state index contributed by atoms with van der Waals surface area (Å²) in [6, 6.07) is 0.293. The Kier molecular flexibility index (Phi) is 4.12. The van der Waals surface area contributed by atoms with Gasteiger partial charge in [0.2, 0.25) is 5.89 Å². The van der Waals surface area contributed by atoms with Gasteiger partial charge in [0.05, 0.1) is 28.9 Å². The molecule has 0 aromatic carbocycles. The van der Waals surface area contributed by atoms with Gasteiger partial charge in [0.25, 0.3) is 5.89 Å². The van der Waals surface area contributed by atoms with Crippen LogP contribution in [-0.4, -0.2) is 42.2 Å². The molecule has 0 atom stereocenters. The molecule has 3 aromatic heterocycles. The number of aliphatic hydroxyl groups is 1. The molecular weight excluding hydrogens is 320 g/mol. The van der Waals surface area contributed by atoms with Crippen LogP contribution in [-0.2, 0) is 6.54 Å². The average molecular weight is 342 g/mol. The third kappa shape index (κ3) is 2.97. The molecule has 0 amide bonds. The van der Waals surface area contributed by atoms with E-state index in [1.807, 2.05) is 17.8 Å². The Morgan fingerprint density at radius 3 is 2.72 bits per heavy atom. The van der Waals surface area contributed by atoms with Crippen LogP contribution in [0.25, 0.3) is 22.5 Å². The van der Waals surface area contributed by atoms with E-state index in [1.165, 1.54) is 0 Å². The molecule has 0 spiro atoms. The molecule has 8 nitrogen and oxygen atoms in total. The van der Waals surface area contributed by atoms with E-state index < -0.39 is 0 Å². The third-order valence-electron chi connectivity index (χ3n) is 4.77. The number of hydrogen-bond donors (Lipinski definition) is 2. The fraction of sp³-hybridized carbons (Fsp3) is 0.529. The highest BCUT2D eigenvalue weighted by atomic mass is 16.4. The van der Waals surface area contributed by atoms with E-state index in [-0.39, 0.29) is 6.10 Å². The summed E-state index contributed by atoms with van der Waals surface area (Å²) in [6.07, 6.45) is 6.90. The number of pyridine rings is 1. The summed E-state index contributed by atoms with van der Waals surface area (Å²) in [4.78, 5) is 4.56. The minimum atomic E-state index is -0.184. The van der Waals surface area contributed by atoms with E-state index in [9.17, 15) is 5.11 Å². The summed E-state index contributed by atoms with van der Waals surface area (Å²) >= 11 is 0. The molecule has 0 aliphatic heterocycles. The summed E-state index contributed by atoms with van der Waals surface area (Å²) in [5.74, 6) is 0.973. The molecule has 2 N–H and O–H groups in total. The molecule has 8 heteroatoms. The van der Waals surface area contributed by atoms with Gasteiger partial charge >= 0.3 is 0 Å². The molecule has 0 saturated heterocycles. The first-order valence-electron chi connectivity index (χ1n) is 8.75. The average Bonchev–Trinajstić information content (AvgIpc) is 3.23. The lowest BCUT2D eigenvalue weighted by atomic mass is 9.92. The van der Waals surface area contributed by atoms with Crippen LogP contribution in [0, 0.1) is 6.92 Å². The van der Waals surface area contributed by atoms with Crippen molar-refractivity contribution in [2.75, 3.05) is 5.32 Å². The third-order valence-corrected chi connectivity index (χ3v) is 4.77. The van der Waals surface area contributed by atoms with Crippen molar-refractivity contribution < 1.29 is 9.52 Å². The molecule has 3 aromatic rings. The smallest absolute Gasteiger partial charge is 0.251 e. The van der Waals surface area contributed by atoms with E-state index in [4.69, 9.17) is 4.42 Å². The van der Waals surface area contributed by atoms with Crippen LogP contribution in [0.15, 0.2) is 16.8 Å². The van der Waals surface area contributed by atoms with Gasteiger partial charge in [-0.1, -0.05) is 0 Å². The molecule has 25 heavy (non-hydrogen) atoms. The predicted octanol–water partition coefficient (Wildman–Crippen LogP) is 2.53. The summed E-state index contributed by atoms with van der Waals surface area (Å²) in [5.41, 5.74) is 2.55. The number of aliphatic hydroxyl groups excluding tert-OH is 1. The van der Waals surface area contributed by atoms with Crippen molar-refractivity contribution in [1.29, 1.82) is 0 Å². The lowest BCUT2D eigenvalue weighted by Crippen LogP contribution is -2.28. The second-order valence-electron chi connectivity index (χ2n) is 6.52. The number of fused-ring (bicyclic) bond motifs is 1. The molecular formula is C17H22N6O2. The SMILES string of the molecule is CCn1ncc2c(N[C@H]3CC[C@H](O)CC3)c(-c3nnc(C)o3)cnc21. The first-order valence-corrected chi connectivity index (χ1v) is 8.75. The maximum atomic E-state index is 9.75. The zero-order valence-electron chi connectivity index (χ0n) is 14.4. The Morgan fingerprint density at radius 2 is 2.04 bits per heavy atom. The molecule has 0 unspecified atom stereocenters. The molecule has 1 aliphatic rings. The zero-order valence-corrected chi connectivity index (χ0v) is 14.4. The van der Waals surface area contributed by atoms with Crippen LogP contribution >= 0.6 is 0 Å². The van der Waals surface area contributed by atoms with Crippen LogP contribution in [0.2, 0.25) is 0 Å². The molecule has 0 bridgehead atoms. The molecule has 132 valence electrons. The monoisotopic (exact) mass is 342 g/mol. The number of rotatable bonds is 4. The van der Waals surface area contributed by atoms with Crippen molar-refractivity contribution in [2.45, 2.75) is 58.2 Å². The zero-order chi connectivity index (χ0) is 17.4. The minimum Gasteiger partial charge on any atom is -0.421 e. The molecule has 4 rings (SSSR count). The molecule has 1 saturated carbocycles. The summed E-state index contributed by atoms with van der Waals surface area (Å²) in [7, 11) is 0. The number of hydrogen-bond acceptors (Lipinski definition) is 7. The first kappa shape index (κ1) is 16.0. The van der Waals surface area contributed by atoms with Crippen molar-refractivity contribution in [2.24, 2.45) is 0 Å². The largest absolute Gasteiger partial charge is 0.421 e. The molecule has 3 heterocycles. The fourth-order valence-corrected chi connectivity index (χ4v) is 3.41. The highest BCUT2D eigenvalue weighted by Gasteiger charge is 2.23. The molecule has 0 radical (unpaired) electrons. The van der Waals surface area contributed by atoms with Crippen molar-refractivity contribution in [3.05, 3.63) is 18.3 Å². The standard InChI is InChI=1S/C17H22N6O2/c1-3-23-16-13(9-19-23)15(20-11-4-6-12(24)7-5-11)14(8-18-16)17-22-21-10(2)25-17/h8-9,11-12,24H,3-7H2,1-2H3,(H,18,20)/t11-,12-. The van der Waals surface area contributed by atoms with Gasteiger partial charge in [-0.05, 0) is 32.6 Å². The van der Waals surface area contributed by atoms with E-state index in [1.54, 1.807) is 13.1 Å². The van der Waals surface area contributed by atoms with Gasteiger partial charge in [0, 0.05) is 25.7 Å². The quantitative estimate of drug-likeness (QED) is 0.751. The number of aromatic nitrogens is 5. The van der Waals surface area contributed by atoms with Crippen molar-refractivity contribution in [3.63, 3.8) is 0 Å². The Morgan fingerprint density at radius 1 is 1.24 bits per heavy atom. The van der Waals surface area contributed by atoms with Crippen LogP contribution in [0.3, 0.4) is 0 Å². The van der Waals surface area contributed by atoms with Crippen LogP contribution < -0.4 is 5.32 Å². The van der Waals surface area contributed by atoms with Gasteiger partial charge in [0.15, 0.2) is 5.65 Å². The Balaban J connectivity index is 1.78. The van der Waals surface area contributed by atoms with Gasteiger partial charge in [-0.3, -0.25) is 0 Å². The van der Waals surface area contributed by atoms with E-state index in [2.05, 4.69) is 25.6 Å². The van der Waals surface area contributed by atoms with Crippen molar-refractivity contribution in [3.8, 4) is 11.5 Å². The van der Waals surface area contributed by atoms with E-state index >= 15 is 0 Å². The van der Waals surface area contributed by atoms with Gasteiger partial charge in [-0.2, -0.15) is 5.10 Å². The van der Waals surface area contributed by atoms with Crippen LogP contribution in [0.1, 0.15) is 38.5 Å². The normalized spacial score (nSPS) is 20.9. The number of aryl methyl sites for hydroxylation is 2. The number of nitrogens with zero attached hydrogens (tertiary/aromatic N) is 5. The predicted molar refractivity (Wildman–Crippen MR) is 93.1 cm³/mol. The lowest BCUT2D eigenvalue weighted by molar-refractivity contribution is 0.126. The topological polar surface area (TPSA) is 102 Å². The second kappa shape index (κ2) is 6.44. The first-order chi connectivity index (χ1) is 12.2.